The molecule has 0 aliphatic heterocycles. The van der Waals surface area contributed by atoms with Crippen molar-refractivity contribution in [3.63, 3.8) is 0 Å². The van der Waals surface area contributed by atoms with E-state index in [0.717, 1.165) is 5.56 Å². The Hall–Kier alpha value is -3.35. The molecule has 0 saturated carbocycles. The summed E-state index contributed by atoms with van der Waals surface area (Å²) in [6, 6.07) is 13.7. The van der Waals surface area contributed by atoms with Gasteiger partial charge in [-0.1, -0.05) is 24.3 Å². The van der Waals surface area contributed by atoms with Gasteiger partial charge in [-0.2, -0.15) is 0 Å². The molecule has 0 aliphatic carbocycles. The molecule has 4 amide bonds. The number of benzene rings is 2. The number of hydrogen-bond acceptors (Lipinski definition) is 3. The second kappa shape index (κ2) is 10.4. The van der Waals surface area contributed by atoms with Crippen LogP contribution in [0.4, 0.5) is 10.5 Å². The van der Waals surface area contributed by atoms with E-state index >= 15 is 0 Å². The highest BCUT2D eigenvalue weighted by atomic mass is 16.2. The van der Waals surface area contributed by atoms with Crippen LogP contribution in [0.1, 0.15) is 54.0 Å². The van der Waals surface area contributed by atoms with Crippen molar-refractivity contribution in [2.24, 2.45) is 0 Å². The van der Waals surface area contributed by atoms with Crippen LogP contribution in [-0.2, 0) is 6.54 Å². The lowest BCUT2D eigenvalue weighted by Gasteiger charge is -2.21. The summed E-state index contributed by atoms with van der Waals surface area (Å²) in [6.45, 7) is 7.94. The fourth-order valence-electron chi connectivity index (χ4n) is 2.69. The van der Waals surface area contributed by atoms with Crippen molar-refractivity contribution in [1.29, 1.82) is 0 Å². The fourth-order valence-corrected chi connectivity index (χ4v) is 2.69. The number of anilines is 1. The molecule has 0 heterocycles. The van der Waals surface area contributed by atoms with Gasteiger partial charge in [0.1, 0.15) is 0 Å². The van der Waals surface area contributed by atoms with Gasteiger partial charge in [0.25, 0.3) is 11.8 Å². The molecule has 0 bridgehead atoms. The van der Waals surface area contributed by atoms with Gasteiger partial charge in [-0.15, -0.1) is 0 Å². The van der Waals surface area contributed by atoms with Gasteiger partial charge in [-0.3, -0.25) is 9.59 Å². The molecule has 0 radical (unpaired) electrons. The second-order valence-corrected chi connectivity index (χ2v) is 7.69. The van der Waals surface area contributed by atoms with Crippen LogP contribution in [0.2, 0.25) is 0 Å². The molecule has 0 spiro atoms. The van der Waals surface area contributed by atoms with Gasteiger partial charge >= 0.3 is 6.03 Å². The number of amides is 4. The zero-order valence-electron chi connectivity index (χ0n) is 18.2. The Morgan fingerprint density at radius 1 is 0.933 bits per heavy atom. The van der Waals surface area contributed by atoms with E-state index in [9.17, 15) is 14.4 Å². The molecular weight excluding hydrogens is 380 g/mol. The van der Waals surface area contributed by atoms with Crippen LogP contribution < -0.4 is 16.0 Å². The molecule has 2 rings (SSSR count). The smallest absolute Gasteiger partial charge is 0.319 e. The first-order chi connectivity index (χ1) is 14.2. The average molecular weight is 411 g/mol. The molecule has 0 fully saturated rings. The number of urea groups is 1. The van der Waals surface area contributed by atoms with Crippen molar-refractivity contribution >= 4 is 23.5 Å². The van der Waals surface area contributed by atoms with Crippen molar-refractivity contribution in [1.82, 2.24) is 15.5 Å². The highest BCUT2D eigenvalue weighted by Crippen LogP contribution is 2.15. The van der Waals surface area contributed by atoms with Crippen molar-refractivity contribution in [3.05, 3.63) is 65.2 Å². The van der Waals surface area contributed by atoms with E-state index in [1.165, 1.54) is 0 Å². The maximum absolute atomic E-state index is 12.6. The summed E-state index contributed by atoms with van der Waals surface area (Å²) >= 11 is 0. The lowest BCUT2D eigenvalue weighted by Crippen LogP contribution is -2.35. The van der Waals surface area contributed by atoms with Crippen molar-refractivity contribution in [2.45, 2.75) is 46.3 Å². The Bertz CT molecular complexity index is 892. The third kappa shape index (κ3) is 6.34. The van der Waals surface area contributed by atoms with Crippen LogP contribution in [0.25, 0.3) is 0 Å². The Morgan fingerprint density at radius 2 is 1.57 bits per heavy atom. The van der Waals surface area contributed by atoms with Gasteiger partial charge in [0.15, 0.2) is 0 Å². The fraction of sp³-hybridized carbons (Fsp3) is 0.348. The van der Waals surface area contributed by atoms with E-state index < -0.39 is 0 Å². The molecule has 30 heavy (non-hydrogen) atoms. The summed E-state index contributed by atoms with van der Waals surface area (Å²) in [5.74, 6) is -0.338. The van der Waals surface area contributed by atoms with Gasteiger partial charge in [-0.05, 0) is 57.5 Å². The molecule has 0 saturated heterocycles. The molecular formula is C23H30N4O3. The number of rotatable bonds is 7. The van der Waals surface area contributed by atoms with E-state index in [4.69, 9.17) is 0 Å². The summed E-state index contributed by atoms with van der Waals surface area (Å²) in [5, 5.41) is 8.29. The van der Waals surface area contributed by atoms with Crippen LogP contribution in [0.15, 0.2) is 48.5 Å². The largest absolute Gasteiger partial charge is 0.348 e. The molecule has 0 aromatic heterocycles. The minimum Gasteiger partial charge on any atom is -0.348 e. The van der Waals surface area contributed by atoms with E-state index in [2.05, 4.69) is 16.0 Å². The molecule has 0 aliphatic rings. The van der Waals surface area contributed by atoms with Gasteiger partial charge in [-0.25, -0.2) is 4.79 Å². The van der Waals surface area contributed by atoms with E-state index in [-0.39, 0.29) is 29.9 Å². The van der Waals surface area contributed by atoms with Crippen molar-refractivity contribution in [2.75, 3.05) is 12.4 Å². The number of nitrogens with zero attached hydrogens (tertiary/aromatic N) is 1. The number of carbonyl (C=O) groups is 3. The zero-order valence-corrected chi connectivity index (χ0v) is 18.2. The molecule has 0 atom stereocenters. The normalized spacial score (nSPS) is 10.6. The maximum Gasteiger partial charge on any atom is 0.319 e. The Kier molecular flexibility index (Phi) is 7.98. The van der Waals surface area contributed by atoms with E-state index in [1.807, 2.05) is 39.8 Å². The highest BCUT2D eigenvalue weighted by molar-refractivity contribution is 6.03. The first-order valence-electron chi connectivity index (χ1n) is 10.00. The Balaban J connectivity index is 2.01. The van der Waals surface area contributed by atoms with Crippen molar-refractivity contribution < 1.29 is 14.4 Å². The van der Waals surface area contributed by atoms with Crippen molar-refractivity contribution in [3.8, 4) is 0 Å². The first-order valence-corrected chi connectivity index (χ1v) is 10.00. The molecule has 2 aromatic rings. The van der Waals surface area contributed by atoms with Gasteiger partial charge < -0.3 is 20.9 Å². The maximum atomic E-state index is 12.6. The second-order valence-electron chi connectivity index (χ2n) is 7.69. The van der Waals surface area contributed by atoms with Crippen LogP contribution in [-0.4, -0.2) is 41.9 Å². The van der Waals surface area contributed by atoms with Crippen LogP contribution >= 0.6 is 0 Å². The zero-order chi connectivity index (χ0) is 22.3. The molecule has 7 heteroatoms. The Labute approximate surface area is 177 Å². The summed E-state index contributed by atoms with van der Waals surface area (Å²) in [6.07, 6.45) is 0. The first kappa shape index (κ1) is 22.9. The van der Waals surface area contributed by atoms with Gasteiger partial charge in [0.2, 0.25) is 0 Å². The van der Waals surface area contributed by atoms with Crippen LogP contribution in [0.5, 0.6) is 0 Å². The average Bonchev–Trinajstić information content (AvgIpc) is 2.71. The van der Waals surface area contributed by atoms with E-state index in [0.29, 0.717) is 23.4 Å². The third-order valence-corrected chi connectivity index (χ3v) is 4.59. The highest BCUT2D eigenvalue weighted by Gasteiger charge is 2.15. The quantitative estimate of drug-likeness (QED) is 0.651. The van der Waals surface area contributed by atoms with Crippen LogP contribution in [0.3, 0.4) is 0 Å². The standard InChI is InChI=1S/C23H30N4O3/c1-15(2)25-23(30)26-20-9-7-6-8-19(20)21(28)24-14-17-10-12-18(13-11-17)22(29)27(5)16(3)4/h6-13,15-16H,14H2,1-5H3,(H,24,28)(H2,25,26,30). The molecule has 2 aromatic carbocycles. The third-order valence-electron chi connectivity index (χ3n) is 4.59. The predicted octanol–water partition coefficient (Wildman–Crippen LogP) is 3.63. The van der Waals surface area contributed by atoms with Crippen LogP contribution in [0, 0.1) is 0 Å². The summed E-state index contributed by atoms with van der Waals surface area (Å²) in [5.41, 5.74) is 2.29. The number of nitrogens with one attached hydrogen (secondary N) is 3. The minimum absolute atomic E-state index is 0.0128. The predicted molar refractivity (Wildman–Crippen MR) is 119 cm³/mol. The topological polar surface area (TPSA) is 90.5 Å². The number of hydrogen-bond donors (Lipinski definition) is 3. The minimum atomic E-state index is -0.364. The summed E-state index contributed by atoms with van der Waals surface area (Å²) in [4.78, 5) is 38.6. The van der Waals surface area contributed by atoms with E-state index in [1.54, 1.807) is 48.3 Å². The molecule has 3 N–H and O–H groups in total. The molecule has 7 nitrogen and oxygen atoms in total. The van der Waals surface area contributed by atoms with Gasteiger partial charge in [0.05, 0.1) is 11.3 Å². The summed E-state index contributed by atoms with van der Waals surface area (Å²) < 4.78 is 0. The lowest BCUT2D eigenvalue weighted by atomic mass is 10.1. The SMILES string of the molecule is CC(C)NC(=O)Nc1ccccc1C(=O)NCc1ccc(C(=O)N(C)C(C)C)cc1. The summed E-state index contributed by atoms with van der Waals surface area (Å²) in [7, 11) is 1.77. The molecule has 160 valence electrons. The number of carbonyl (C=O) groups excluding carboxylic acids is 3. The number of para-hydroxylation sites is 1. The molecule has 0 unspecified atom stereocenters. The Morgan fingerprint density at radius 3 is 2.17 bits per heavy atom. The lowest BCUT2D eigenvalue weighted by molar-refractivity contribution is 0.0754. The monoisotopic (exact) mass is 410 g/mol. The van der Waals surface area contributed by atoms with Gasteiger partial charge in [0, 0.05) is 31.2 Å².